The number of phenolic OH excluding ortho intramolecular Hbond substituents is 2. The van der Waals surface area contributed by atoms with Crippen LogP contribution in [0.3, 0.4) is 0 Å². The summed E-state index contributed by atoms with van der Waals surface area (Å²) in [4.78, 5) is 0. The van der Waals surface area contributed by atoms with E-state index < -0.39 is 35.0 Å². The standard InChI is InChI=1S/C14H11F4NO2/c1-6(11-9(20)3-2-4-10(11)21)19-14-12(17)7(15)5-8(16)13(14)18/h2-6,19-21H,1H3. The molecular weight excluding hydrogens is 290 g/mol. The third kappa shape index (κ3) is 2.72. The van der Waals surface area contributed by atoms with Crippen LogP contribution in [0.1, 0.15) is 18.5 Å². The van der Waals surface area contributed by atoms with Gasteiger partial charge in [0.05, 0.1) is 11.6 Å². The second-order valence-electron chi connectivity index (χ2n) is 4.42. The zero-order valence-electron chi connectivity index (χ0n) is 10.8. The second kappa shape index (κ2) is 5.51. The molecular formula is C14H11F4NO2. The molecule has 2 aromatic carbocycles. The Bertz CT molecular complexity index is 645. The first-order chi connectivity index (χ1) is 9.82. The van der Waals surface area contributed by atoms with Gasteiger partial charge in [-0.05, 0) is 19.1 Å². The van der Waals surface area contributed by atoms with Gasteiger partial charge in [0.25, 0.3) is 0 Å². The predicted molar refractivity (Wildman–Crippen MR) is 68.1 cm³/mol. The average Bonchev–Trinajstić information content (AvgIpc) is 2.41. The highest BCUT2D eigenvalue weighted by molar-refractivity contribution is 5.53. The predicted octanol–water partition coefficient (Wildman–Crippen LogP) is 3.83. The summed E-state index contributed by atoms with van der Waals surface area (Å²) in [5.74, 6) is -6.93. The van der Waals surface area contributed by atoms with E-state index in [0.29, 0.717) is 0 Å². The van der Waals surface area contributed by atoms with E-state index in [9.17, 15) is 27.8 Å². The lowest BCUT2D eigenvalue weighted by molar-refractivity contribution is 0.432. The normalized spacial score (nSPS) is 12.2. The highest BCUT2D eigenvalue weighted by Crippen LogP contribution is 2.35. The molecule has 0 aliphatic rings. The van der Waals surface area contributed by atoms with E-state index in [1.807, 2.05) is 0 Å². The molecule has 0 fully saturated rings. The highest BCUT2D eigenvalue weighted by atomic mass is 19.2. The molecule has 0 aromatic heterocycles. The van der Waals surface area contributed by atoms with Crippen molar-refractivity contribution in [1.29, 1.82) is 0 Å². The summed E-state index contributed by atoms with van der Waals surface area (Å²) >= 11 is 0. The third-order valence-corrected chi connectivity index (χ3v) is 2.97. The van der Waals surface area contributed by atoms with Crippen LogP contribution in [-0.2, 0) is 0 Å². The lowest BCUT2D eigenvalue weighted by atomic mass is 10.1. The van der Waals surface area contributed by atoms with Crippen molar-refractivity contribution in [2.45, 2.75) is 13.0 Å². The molecule has 0 spiro atoms. The fourth-order valence-electron chi connectivity index (χ4n) is 1.97. The van der Waals surface area contributed by atoms with Gasteiger partial charge in [0.2, 0.25) is 0 Å². The smallest absolute Gasteiger partial charge is 0.185 e. The molecule has 21 heavy (non-hydrogen) atoms. The lowest BCUT2D eigenvalue weighted by Gasteiger charge is -2.19. The molecule has 7 heteroatoms. The molecule has 112 valence electrons. The van der Waals surface area contributed by atoms with Crippen molar-refractivity contribution in [3.63, 3.8) is 0 Å². The Hall–Kier alpha value is -2.44. The molecule has 0 heterocycles. The Morgan fingerprint density at radius 1 is 0.952 bits per heavy atom. The minimum absolute atomic E-state index is 0.0547. The number of rotatable bonds is 3. The van der Waals surface area contributed by atoms with Crippen molar-refractivity contribution in [1.82, 2.24) is 0 Å². The van der Waals surface area contributed by atoms with E-state index >= 15 is 0 Å². The van der Waals surface area contributed by atoms with Gasteiger partial charge in [0, 0.05) is 6.07 Å². The van der Waals surface area contributed by atoms with Gasteiger partial charge in [-0.15, -0.1) is 0 Å². The van der Waals surface area contributed by atoms with Gasteiger partial charge >= 0.3 is 0 Å². The molecule has 3 nitrogen and oxygen atoms in total. The van der Waals surface area contributed by atoms with E-state index in [1.165, 1.54) is 25.1 Å². The van der Waals surface area contributed by atoms with Crippen LogP contribution < -0.4 is 5.32 Å². The quantitative estimate of drug-likeness (QED) is 0.596. The zero-order valence-corrected chi connectivity index (χ0v) is 10.8. The first-order valence-electron chi connectivity index (χ1n) is 5.93. The van der Waals surface area contributed by atoms with Crippen LogP contribution in [0.4, 0.5) is 23.2 Å². The molecule has 0 bridgehead atoms. The number of phenols is 2. The Labute approximate surface area is 117 Å². The Balaban J connectivity index is 2.43. The Morgan fingerprint density at radius 3 is 1.90 bits per heavy atom. The first-order valence-corrected chi connectivity index (χ1v) is 5.93. The van der Waals surface area contributed by atoms with Crippen molar-refractivity contribution in [3.8, 4) is 11.5 Å². The molecule has 1 atom stereocenters. The van der Waals surface area contributed by atoms with E-state index in [-0.39, 0.29) is 23.1 Å². The van der Waals surface area contributed by atoms with Gasteiger partial charge in [-0.25, -0.2) is 17.6 Å². The molecule has 0 aliphatic carbocycles. The summed E-state index contributed by atoms with van der Waals surface area (Å²) in [6, 6.07) is 2.97. The van der Waals surface area contributed by atoms with Crippen LogP contribution in [0.25, 0.3) is 0 Å². The molecule has 0 saturated heterocycles. The van der Waals surface area contributed by atoms with Crippen LogP contribution in [0.5, 0.6) is 11.5 Å². The molecule has 0 radical (unpaired) electrons. The maximum Gasteiger partial charge on any atom is 0.185 e. The maximum atomic E-state index is 13.6. The molecule has 0 aliphatic heterocycles. The number of halogens is 4. The summed E-state index contributed by atoms with van der Waals surface area (Å²) in [6.45, 7) is 1.36. The SMILES string of the molecule is CC(Nc1c(F)c(F)cc(F)c1F)c1c(O)cccc1O. The summed E-state index contributed by atoms with van der Waals surface area (Å²) in [5, 5.41) is 21.5. The first kappa shape index (κ1) is 15.0. The second-order valence-corrected chi connectivity index (χ2v) is 4.42. The van der Waals surface area contributed by atoms with Gasteiger partial charge in [-0.1, -0.05) is 6.07 Å². The largest absolute Gasteiger partial charge is 0.507 e. The minimum Gasteiger partial charge on any atom is -0.507 e. The summed E-state index contributed by atoms with van der Waals surface area (Å²) in [5.41, 5.74) is -1.07. The highest BCUT2D eigenvalue weighted by Gasteiger charge is 2.23. The zero-order chi connectivity index (χ0) is 15.7. The summed E-state index contributed by atoms with van der Waals surface area (Å²) in [6.07, 6.45) is 0. The number of nitrogens with one attached hydrogen (secondary N) is 1. The average molecular weight is 301 g/mol. The molecule has 2 aromatic rings. The van der Waals surface area contributed by atoms with Crippen LogP contribution in [0.2, 0.25) is 0 Å². The van der Waals surface area contributed by atoms with Gasteiger partial charge in [0.1, 0.15) is 17.2 Å². The fourth-order valence-corrected chi connectivity index (χ4v) is 1.97. The Kier molecular flexibility index (Phi) is 3.93. The van der Waals surface area contributed by atoms with Crippen LogP contribution >= 0.6 is 0 Å². The fraction of sp³-hybridized carbons (Fsp3) is 0.143. The number of aromatic hydroxyl groups is 2. The van der Waals surface area contributed by atoms with Crippen LogP contribution in [0, 0.1) is 23.3 Å². The van der Waals surface area contributed by atoms with Crippen LogP contribution in [-0.4, -0.2) is 10.2 Å². The monoisotopic (exact) mass is 301 g/mol. The topological polar surface area (TPSA) is 52.5 Å². The van der Waals surface area contributed by atoms with Crippen molar-refractivity contribution in [3.05, 3.63) is 53.1 Å². The number of benzene rings is 2. The van der Waals surface area contributed by atoms with E-state index in [4.69, 9.17) is 0 Å². The van der Waals surface area contributed by atoms with Crippen molar-refractivity contribution >= 4 is 5.69 Å². The van der Waals surface area contributed by atoms with Crippen molar-refractivity contribution in [2.24, 2.45) is 0 Å². The van der Waals surface area contributed by atoms with E-state index in [0.717, 1.165) is 0 Å². The number of anilines is 1. The van der Waals surface area contributed by atoms with Gasteiger partial charge in [-0.3, -0.25) is 0 Å². The molecule has 0 saturated carbocycles. The van der Waals surface area contributed by atoms with Gasteiger partial charge in [0.15, 0.2) is 23.3 Å². The van der Waals surface area contributed by atoms with Gasteiger partial charge in [-0.2, -0.15) is 0 Å². The summed E-state index contributed by atoms with van der Waals surface area (Å²) in [7, 11) is 0. The molecule has 1 unspecified atom stereocenters. The summed E-state index contributed by atoms with van der Waals surface area (Å²) < 4.78 is 53.3. The third-order valence-electron chi connectivity index (χ3n) is 2.97. The van der Waals surface area contributed by atoms with Crippen LogP contribution in [0.15, 0.2) is 24.3 Å². The van der Waals surface area contributed by atoms with Crippen molar-refractivity contribution in [2.75, 3.05) is 5.32 Å². The van der Waals surface area contributed by atoms with E-state index in [2.05, 4.69) is 5.32 Å². The lowest BCUT2D eigenvalue weighted by Crippen LogP contribution is -2.12. The van der Waals surface area contributed by atoms with Gasteiger partial charge < -0.3 is 15.5 Å². The van der Waals surface area contributed by atoms with E-state index in [1.54, 1.807) is 0 Å². The molecule has 2 rings (SSSR count). The Morgan fingerprint density at radius 2 is 1.43 bits per heavy atom. The number of hydrogen-bond donors (Lipinski definition) is 3. The molecule has 0 amide bonds. The minimum atomic E-state index is -1.59. The number of hydrogen-bond acceptors (Lipinski definition) is 3. The maximum absolute atomic E-state index is 13.6. The molecule has 3 N–H and O–H groups in total. The van der Waals surface area contributed by atoms with Crippen molar-refractivity contribution < 1.29 is 27.8 Å².